The molecule has 0 bridgehead atoms. The minimum absolute atomic E-state index is 0.0898. The molecule has 2 heterocycles. The Kier molecular flexibility index (Phi) is 5.45. The first kappa shape index (κ1) is 17.6. The van der Waals surface area contributed by atoms with E-state index in [0.29, 0.717) is 31.0 Å². The highest BCUT2D eigenvalue weighted by atomic mass is 32.1. The second-order valence-electron chi connectivity index (χ2n) is 6.03. The number of carboxylic acids is 1. The molecule has 7 heteroatoms. The fourth-order valence-corrected chi connectivity index (χ4v) is 3.93. The number of carboxylic acid groups (broad SMARTS) is 1. The average Bonchev–Trinajstić information content (AvgIpc) is 2.95. The molecule has 1 aromatic heterocycles. The van der Waals surface area contributed by atoms with E-state index in [4.69, 9.17) is 9.84 Å². The number of hydrogen-bond acceptors (Lipinski definition) is 5. The number of hydrogen-bond donors (Lipinski definition) is 1. The number of ether oxygens (including phenoxy) is 1. The predicted octanol–water partition coefficient (Wildman–Crippen LogP) is 2.36. The Hall–Kier alpha value is -2.25. The first-order chi connectivity index (χ1) is 12.0. The quantitative estimate of drug-likeness (QED) is 0.885. The molecule has 25 heavy (non-hydrogen) atoms. The fraction of sp³-hybridized carbons (Fsp3) is 0.389. The van der Waals surface area contributed by atoms with Crippen LogP contribution < -0.4 is 0 Å². The van der Waals surface area contributed by atoms with Gasteiger partial charge in [0.15, 0.2) is 0 Å². The Labute approximate surface area is 150 Å². The topological polar surface area (TPSA) is 79.7 Å². The van der Waals surface area contributed by atoms with E-state index in [1.165, 1.54) is 11.3 Å². The van der Waals surface area contributed by atoms with Crippen molar-refractivity contribution >= 4 is 23.2 Å². The van der Waals surface area contributed by atoms with E-state index in [1.807, 2.05) is 37.3 Å². The van der Waals surface area contributed by atoms with Gasteiger partial charge in [0.05, 0.1) is 29.8 Å². The van der Waals surface area contributed by atoms with Gasteiger partial charge in [-0.25, -0.2) is 4.98 Å². The molecule has 0 spiro atoms. The lowest BCUT2D eigenvalue weighted by molar-refractivity contribution is -0.141. The van der Waals surface area contributed by atoms with Gasteiger partial charge >= 0.3 is 5.97 Å². The van der Waals surface area contributed by atoms with Crippen molar-refractivity contribution in [3.63, 3.8) is 0 Å². The maximum Gasteiger partial charge on any atom is 0.306 e. The summed E-state index contributed by atoms with van der Waals surface area (Å²) >= 11 is 1.41. The van der Waals surface area contributed by atoms with Crippen LogP contribution in [0, 0.1) is 6.92 Å². The molecule has 0 unspecified atom stereocenters. The van der Waals surface area contributed by atoms with Crippen molar-refractivity contribution in [1.82, 2.24) is 9.88 Å². The molecule has 132 valence electrons. The molecule has 6 nitrogen and oxygen atoms in total. The van der Waals surface area contributed by atoms with Gasteiger partial charge in [-0.05, 0) is 12.5 Å². The molecule has 1 fully saturated rings. The highest BCUT2D eigenvalue weighted by Gasteiger charge is 2.28. The standard InChI is InChI=1S/C18H20N2O4S/c1-12-17(25-15(19-12)9-13-5-3-2-4-6-13)18(23)20-7-8-24-14(11-20)10-16(21)22/h2-6,14H,7-11H2,1H3,(H,21,22)/t14-/m1/s1. The molecular formula is C18H20N2O4S. The number of amides is 1. The average molecular weight is 360 g/mol. The Bertz CT molecular complexity index is 760. The number of carbonyl (C=O) groups excluding carboxylic acids is 1. The number of morpholine rings is 1. The summed E-state index contributed by atoms with van der Waals surface area (Å²) in [6, 6.07) is 10.0. The summed E-state index contributed by atoms with van der Waals surface area (Å²) in [7, 11) is 0. The van der Waals surface area contributed by atoms with Crippen molar-refractivity contribution in [3.8, 4) is 0 Å². The third-order valence-electron chi connectivity index (χ3n) is 4.06. The normalized spacial score (nSPS) is 17.5. The molecule has 0 saturated carbocycles. The molecule has 1 aliphatic heterocycles. The molecule has 1 amide bonds. The number of rotatable bonds is 5. The summed E-state index contributed by atoms with van der Waals surface area (Å²) in [4.78, 5) is 30.5. The summed E-state index contributed by atoms with van der Waals surface area (Å²) in [5.41, 5.74) is 1.88. The second kappa shape index (κ2) is 7.76. The maximum atomic E-state index is 12.8. The zero-order chi connectivity index (χ0) is 17.8. The Morgan fingerprint density at radius 3 is 2.84 bits per heavy atom. The Morgan fingerprint density at radius 1 is 1.36 bits per heavy atom. The molecule has 2 aromatic rings. The molecule has 1 aromatic carbocycles. The number of thiazole rings is 1. The smallest absolute Gasteiger partial charge is 0.306 e. The Balaban J connectivity index is 1.70. The van der Waals surface area contributed by atoms with Crippen LogP contribution >= 0.6 is 11.3 Å². The minimum Gasteiger partial charge on any atom is -0.481 e. The first-order valence-electron chi connectivity index (χ1n) is 8.16. The van der Waals surface area contributed by atoms with Gasteiger partial charge in [-0.15, -0.1) is 11.3 Å². The number of nitrogens with zero attached hydrogens (tertiary/aromatic N) is 2. The monoisotopic (exact) mass is 360 g/mol. The predicted molar refractivity (Wildman–Crippen MR) is 94.0 cm³/mol. The lowest BCUT2D eigenvalue weighted by Crippen LogP contribution is -2.46. The summed E-state index contributed by atoms with van der Waals surface area (Å²) in [6.07, 6.45) is 0.155. The van der Waals surface area contributed by atoms with Gasteiger partial charge in [0.1, 0.15) is 4.88 Å². The van der Waals surface area contributed by atoms with Gasteiger partial charge in [-0.3, -0.25) is 9.59 Å². The van der Waals surface area contributed by atoms with Gasteiger partial charge in [0.25, 0.3) is 5.91 Å². The molecule has 0 aliphatic carbocycles. The van der Waals surface area contributed by atoms with Crippen LogP contribution in [0.5, 0.6) is 0 Å². The van der Waals surface area contributed by atoms with Gasteiger partial charge < -0.3 is 14.7 Å². The second-order valence-corrected chi connectivity index (χ2v) is 7.11. The van der Waals surface area contributed by atoms with E-state index in [9.17, 15) is 9.59 Å². The first-order valence-corrected chi connectivity index (χ1v) is 8.97. The van der Waals surface area contributed by atoms with Gasteiger partial charge in [0, 0.05) is 19.5 Å². The third kappa shape index (κ3) is 4.43. The molecule has 1 saturated heterocycles. The third-order valence-corrected chi connectivity index (χ3v) is 5.21. The van der Waals surface area contributed by atoms with E-state index < -0.39 is 12.1 Å². The highest BCUT2D eigenvalue weighted by molar-refractivity contribution is 7.13. The van der Waals surface area contributed by atoms with Crippen molar-refractivity contribution in [2.45, 2.75) is 25.9 Å². The highest BCUT2D eigenvalue weighted by Crippen LogP contribution is 2.23. The van der Waals surface area contributed by atoms with Crippen molar-refractivity contribution in [3.05, 3.63) is 51.5 Å². The minimum atomic E-state index is -0.918. The summed E-state index contributed by atoms with van der Waals surface area (Å²) in [5.74, 6) is -1.01. The summed E-state index contributed by atoms with van der Waals surface area (Å²) in [5, 5.41) is 9.81. The van der Waals surface area contributed by atoms with E-state index in [1.54, 1.807) is 4.90 Å². The van der Waals surface area contributed by atoms with Gasteiger partial charge in [-0.2, -0.15) is 0 Å². The van der Waals surface area contributed by atoms with Crippen LogP contribution in [0.1, 0.15) is 32.4 Å². The van der Waals surface area contributed by atoms with Crippen molar-refractivity contribution in [2.75, 3.05) is 19.7 Å². The lowest BCUT2D eigenvalue weighted by atomic mass is 10.2. The van der Waals surface area contributed by atoms with Crippen LogP contribution in [-0.4, -0.2) is 52.7 Å². The zero-order valence-electron chi connectivity index (χ0n) is 14.0. The van der Waals surface area contributed by atoms with Crippen LogP contribution in [0.2, 0.25) is 0 Å². The SMILES string of the molecule is Cc1nc(Cc2ccccc2)sc1C(=O)N1CCO[C@H](CC(=O)O)C1. The molecular weight excluding hydrogens is 340 g/mol. The number of benzene rings is 1. The van der Waals surface area contributed by atoms with Crippen LogP contribution in [0.3, 0.4) is 0 Å². The lowest BCUT2D eigenvalue weighted by Gasteiger charge is -2.32. The fourth-order valence-electron chi connectivity index (χ4n) is 2.86. The van der Waals surface area contributed by atoms with Crippen molar-refractivity contribution in [2.24, 2.45) is 0 Å². The van der Waals surface area contributed by atoms with Gasteiger partial charge in [-0.1, -0.05) is 30.3 Å². The number of aliphatic carboxylic acids is 1. The largest absolute Gasteiger partial charge is 0.481 e. The van der Waals surface area contributed by atoms with Crippen LogP contribution in [0.25, 0.3) is 0 Å². The van der Waals surface area contributed by atoms with Crippen molar-refractivity contribution in [1.29, 1.82) is 0 Å². The van der Waals surface area contributed by atoms with E-state index in [-0.39, 0.29) is 12.3 Å². The van der Waals surface area contributed by atoms with E-state index in [2.05, 4.69) is 4.98 Å². The zero-order valence-corrected chi connectivity index (χ0v) is 14.8. The molecule has 1 N–H and O–H groups in total. The van der Waals surface area contributed by atoms with Crippen LogP contribution in [0.4, 0.5) is 0 Å². The van der Waals surface area contributed by atoms with Crippen LogP contribution in [0.15, 0.2) is 30.3 Å². The summed E-state index contributed by atoms with van der Waals surface area (Å²) in [6.45, 7) is 2.97. The maximum absolute atomic E-state index is 12.8. The molecule has 0 radical (unpaired) electrons. The van der Waals surface area contributed by atoms with Crippen LogP contribution in [-0.2, 0) is 16.0 Å². The summed E-state index contributed by atoms with van der Waals surface area (Å²) < 4.78 is 5.43. The van der Waals surface area contributed by atoms with E-state index >= 15 is 0 Å². The molecule has 1 atom stereocenters. The molecule has 1 aliphatic rings. The number of aromatic nitrogens is 1. The molecule has 3 rings (SSSR count). The van der Waals surface area contributed by atoms with E-state index in [0.717, 1.165) is 16.3 Å². The number of carbonyl (C=O) groups is 2. The Morgan fingerprint density at radius 2 is 2.12 bits per heavy atom. The van der Waals surface area contributed by atoms with Crippen molar-refractivity contribution < 1.29 is 19.4 Å². The number of aryl methyl sites for hydroxylation is 1. The van der Waals surface area contributed by atoms with Gasteiger partial charge in [0.2, 0.25) is 0 Å².